The number of ether oxygens (including phenoxy) is 1. The molecule has 2 aliphatic heterocycles. The number of carbonyl (C=O) groups excluding carboxylic acids is 2. The molecule has 2 atom stereocenters. The van der Waals surface area contributed by atoms with Gasteiger partial charge in [0.15, 0.2) is 5.60 Å². The molecule has 3 N–H and O–H groups in total. The minimum Gasteiger partial charge on any atom is -0.478 e. The van der Waals surface area contributed by atoms with Crippen LogP contribution in [0, 0.1) is 0 Å². The van der Waals surface area contributed by atoms with E-state index in [0.717, 1.165) is 31.5 Å². The minimum atomic E-state index is -1.05. The Morgan fingerprint density at radius 2 is 1.89 bits per heavy atom. The summed E-state index contributed by atoms with van der Waals surface area (Å²) in [6, 6.07) is 4.23. The third-order valence-electron chi connectivity index (χ3n) is 7.07. The van der Waals surface area contributed by atoms with Crippen LogP contribution in [0.25, 0.3) is 0 Å². The number of aromatic nitrogens is 1. The predicted octanol–water partition coefficient (Wildman–Crippen LogP) is 3.96. The number of aliphatic hydroxyl groups is 1. The van der Waals surface area contributed by atoms with Gasteiger partial charge in [-0.2, -0.15) is 0 Å². The summed E-state index contributed by atoms with van der Waals surface area (Å²) in [5.41, 5.74) is -0.905. The molecule has 0 spiro atoms. The van der Waals surface area contributed by atoms with Crippen LogP contribution in [0.3, 0.4) is 0 Å². The van der Waals surface area contributed by atoms with Crippen LogP contribution in [0.15, 0.2) is 53.4 Å². The number of piperidine rings is 1. The van der Waals surface area contributed by atoms with Gasteiger partial charge in [-0.25, -0.2) is 4.98 Å². The maximum Gasteiger partial charge on any atom is 0.263 e. The molecule has 2 amide bonds. The first-order chi connectivity index (χ1) is 17.3. The van der Waals surface area contributed by atoms with Crippen LogP contribution in [0.2, 0.25) is 0 Å². The van der Waals surface area contributed by atoms with Gasteiger partial charge in [-0.1, -0.05) is 18.2 Å². The molecule has 1 aromatic rings. The van der Waals surface area contributed by atoms with Crippen molar-refractivity contribution < 1.29 is 19.4 Å². The van der Waals surface area contributed by atoms with Crippen molar-refractivity contribution >= 4 is 29.2 Å². The molecule has 200 valence electrons. The van der Waals surface area contributed by atoms with Crippen molar-refractivity contribution in [1.82, 2.24) is 15.6 Å². The molecule has 0 radical (unpaired) electrons. The summed E-state index contributed by atoms with van der Waals surface area (Å²) in [6.45, 7) is 11.0. The lowest BCUT2D eigenvalue weighted by Gasteiger charge is -2.41. The van der Waals surface area contributed by atoms with E-state index in [-0.39, 0.29) is 36.5 Å². The van der Waals surface area contributed by atoms with Crippen LogP contribution in [0.1, 0.15) is 70.2 Å². The molecular weight excluding hydrogens is 492 g/mol. The van der Waals surface area contributed by atoms with Gasteiger partial charge in [-0.3, -0.25) is 9.59 Å². The zero-order chi connectivity index (χ0) is 27.0. The van der Waals surface area contributed by atoms with Gasteiger partial charge < -0.3 is 25.4 Å². The molecule has 8 nitrogen and oxygen atoms in total. The second-order valence-electron chi connectivity index (χ2n) is 11.3. The van der Waals surface area contributed by atoms with Gasteiger partial charge in [-0.15, -0.1) is 0 Å². The molecule has 37 heavy (non-hydrogen) atoms. The largest absolute Gasteiger partial charge is 0.478 e. The van der Waals surface area contributed by atoms with Crippen molar-refractivity contribution in [2.75, 3.05) is 11.4 Å². The number of fused-ring (bicyclic) bond motifs is 2. The van der Waals surface area contributed by atoms with E-state index in [4.69, 9.17) is 16.3 Å². The Balaban J connectivity index is 1.34. The number of pyridine rings is 1. The van der Waals surface area contributed by atoms with Gasteiger partial charge in [0, 0.05) is 47.9 Å². The first kappa shape index (κ1) is 27.2. The van der Waals surface area contributed by atoms with Crippen LogP contribution in [-0.4, -0.2) is 57.8 Å². The fraction of sp³-hybridized carbons (Fsp3) is 0.536. The second-order valence-corrected chi connectivity index (χ2v) is 11.8. The summed E-state index contributed by atoms with van der Waals surface area (Å²) in [5, 5.41) is 16.5. The topological polar surface area (TPSA) is 104 Å². The van der Waals surface area contributed by atoms with Gasteiger partial charge in [0.05, 0.1) is 11.2 Å². The Kier molecular flexibility index (Phi) is 7.72. The fourth-order valence-corrected chi connectivity index (χ4v) is 5.38. The number of anilines is 1. The quantitative estimate of drug-likeness (QED) is 0.472. The normalized spacial score (nSPS) is 23.8. The summed E-state index contributed by atoms with van der Waals surface area (Å²) in [6.07, 6.45) is 9.48. The second kappa shape index (κ2) is 10.5. The lowest BCUT2D eigenvalue weighted by molar-refractivity contribution is -0.139. The summed E-state index contributed by atoms with van der Waals surface area (Å²) in [4.78, 5) is 32.4. The molecule has 4 rings (SSSR count). The molecule has 3 aliphatic rings. The Labute approximate surface area is 223 Å². The van der Waals surface area contributed by atoms with Crippen LogP contribution in [-0.2, 0) is 9.53 Å². The third kappa shape index (κ3) is 6.54. The number of hydrogen-bond donors (Lipinski definition) is 3. The Hall–Kier alpha value is -2.84. The molecular formula is C28H37ClN4O4. The number of nitrogens with zero attached hydrogens (tertiary/aromatic N) is 2. The molecule has 1 aliphatic carbocycles. The highest BCUT2D eigenvalue weighted by Gasteiger charge is 2.43. The monoisotopic (exact) mass is 528 g/mol. The van der Waals surface area contributed by atoms with Gasteiger partial charge in [0.1, 0.15) is 11.6 Å². The number of nitrogens with one attached hydrogen (secondary N) is 2. The Morgan fingerprint density at radius 1 is 1.22 bits per heavy atom. The van der Waals surface area contributed by atoms with Crippen LogP contribution in [0.4, 0.5) is 5.82 Å². The Morgan fingerprint density at radius 3 is 2.46 bits per heavy atom. The van der Waals surface area contributed by atoms with Crippen molar-refractivity contribution in [3.05, 3.63) is 59.0 Å². The molecule has 2 fully saturated rings. The summed E-state index contributed by atoms with van der Waals surface area (Å²) >= 11 is 6.06. The average Bonchev–Trinajstić information content (AvgIpc) is 3.09. The number of hydrogen-bond acceptors (Lipinski definition) is 6. The number of halogens is 1. The van der Waals surface area contributed by atoms with E-state index in [1.165, 1.54) is 0 Å². The van der Waals surface area contributed by atoms with Crippen molar-refractivity contribution in [3.63, 3.8) is 0 Å². The van der Waals surface area contributed by atoms with E-state index >= 15 is 0 Å². The third-order valence-corrected chi connectivity index (χ3v) is 7.33. The fourth-order valence-electron chi connectivity index (χ4n) is 5.17. The summed E-state index contributed by atoms with van der Waals surface area (Å²) in [7, 11) is 0. The van der Waals surface area contributed by atoms with Crippen molar-refractivity contribution in [3.8, 4) is 0 Å². The zero-order valence-electron chi connectivity index (χ0n) is 22.0. The number of amides is 2. The van der Waals surface area contributed by atoms with Gasteiger partial charge in [0.25, 0.3) is 11.8 Å². The average molecular weight is 529 g/mol. The molecule has 1 aromatic heterocycles. The SMILES string of the molecule is C=C1C=C(Cl)CC=C1OC(C)(C)C(=O)NC1CC2CCC(C1)N2c1ccc(C(=O)NCC(C)(C)O)cn1. The van der Waals surface area contributed by atoms with Gasteiger partial charge in [0.2, 0.25) is 0 Å². The van der Waals surface area contributed by atoms with Gasteiger partial charge >= 0.3 is 0 Å². The van der Waals surface area contributed by atoms with Crippen molar-refractivity contribution in [2.24, 2.45) is 0 Å². The predicted molar refractivity (Wildman–Crippen MR) is 144 cm³/mol. The standard InChI is InChI=1S/C28H37ClN4O4/c1-17-12-19(29)7-10-23(17)37-28(4,5)26(35)32-20-13-21-8-9-22(14-20)33(21)24-11-6-18(15-30-24)25(34)31-16-27(2,3)36/h6,10-12,15,20-22,36H,1,7-9,13-14,16H2,2-5H3,(H,31,34)(H,32,35). The van der Waals surface area contributed by atoms with E-state index in [0.29, 0.717) is 28.3 Å². The smallest absolute Gasteiger partial charge is 0.263 e. The molecule has 3 heterocycles. The molecule has 2 saturated heterocycles. The van der Waals surface area contributed by atoms with E-state index in [1.54, 1.807) is 46.0 Å². The molecule has 0 aromatic carbocycles. The lowest BCUT2D eigenvalue weighted by Crippen LogP contribution is -2.54. The molecule has 9 heteroatoms. The van der Waals surface area contributed by atoms with Crippen LogP contribution >= 0.6 is 11.6 Å². The number of carbonyl (C=O) groups is 2. The highest BCUT2D eigenvalue weighted by Crippen LogP contribution is 2.39. The Bertz CT molecular complexity index is 1110. The minimum absolute atomic E-state index is 0.0499. The zero-order valence-corrected chi connectivity index (χ0v) is 22.8. The first-order valence-electron chi connectivity index (χ1n) is 12.8. The maximum atomic E-state index is 13.2. The van der Waals surface area contributed by atoms with Crippen molar-refractivity contribution in [2.45, 2.75) is 89.1 Å². The maximum absolute atomic E-state index is 13.2. The van der Waals surface area contributed by atoms with Crippen LogP contribution < -0.4 is 15.5 Å². The van der Waals surface area contributed by atoms with Crippen LogP contribution in [0.5, 0.6) is 0 Å². The first-order valence-corrected chi connectivity index (χ1v) is 13.2. The van der Waals surface area contributed by atoms with E-state index in [1.807, 2.05) is 12.1 Å². The van der Waals surface area contributed by atoms with Gasteiger partial charge in [-0.05, 0) is 77.7 Å². The molecule has 0 saturated carbocycles. The summed E-state index contributed by atoms with van der Waals surface area (Å²) in [5.74, 6) is 1.01. The molecule has 2 unspecified atom stereocenters. The van der Waals surface area contributed by atoms with Crippen molar-refractivity contribution in [1.29, 1.82) is 0 Å². The molecule has 2 bridgehead atoms. The summed E-state index contributed by atoms with van der Waals surface area (Å²) < 4.78 is 6.05. The highest BCUT2D eigenvalue weighted by atomic mass is 35.5. The number of rotatable bonds is 8. The number of allylic oxidation sites excluding steroid dienone is 3. The highest BCUT2D eigenvalue weighted by molar-refractivity contribution is 6.30. The van der Waals surface area contributed by atoms with E-state index in [2.05, 4.69) is 27.1 Å². The lowest BCUT2D eigenvalue weighted by atomic mass is 9.96. The van der Waals surface area contributed by atoms with E-state index < -0.39 is 11.2 Å². The van der Waals surface area contributed by atoms with E-state index in [9.17, 15) is 14.7 Å².